The summed E-state index contributed by atoms with van der Waals surface area (Å²) in [5.74, 6) is -2.82. The second kappa shape index (κ2) is 3.87. The fourth-order valence-electron chi connectivity index (χ4n) is 0.584. The molecule has 0 rings (SSSR count). The molecule has 0 aromatic heterocycles. The maximum Gasteiger partial charge on any atom is 0.320 e. The predicted octanol–water partition coefficient (Wildman–Crippen LogP) is 0.270. The molecule has 0 aliphatic carbocycles. The van der Waals surface area contributed by atoms with Gasteiger partial charge >= 0.3 is 11.9 Å². The molecule has 4 heteroatoms. The zero-order valence-corrected chi connectivity index (χ0v) is 5.96. The van der Waals surface area contributed by atoms with E-state index in [0.717, 1.165) is 0 Å². The molecule has 0 aliphatic rings. The van der Waals surface area contributed by atoms with E-state index in [1.54, 1.807) is 6.92 Å². The van der Waals surface area contributed by atoms with Gasteiger partial charge < -0.3 is 9.84 Å². The Morgan fingerprint density at radius 3 is 2.20 bits per heavy atom. The van der Waals surface area contributed by atoms with E-state index in [0.29, 0.717) is 0 Å². The van der Waals surface area contributed by atoms with Crippen molar-refractivity contribution in [2.75, 3.05) is 7.11 Å². The van der Waals surface area contributed by atoms with Crippen molar-refractivity contribution in [1.29, 1.82) is 0 Å². The summed E-state index contributed by atoms with van der Waals surface area (Å²) in [7, 11) is 1.17. The van der Waals surface area contributed by atoms with E-state index >= 15 is 0 Å². The normalized spacial score (nSPS) is 12.2. The van der Waals surface area contributed by atoms with Crippen LogP contribution in [0.5, 0.6) is 0 Å². The molecule has 0 saturated carbocycles. The first-order valence-corrected chi connectivity index (χ1v) is 2.94. The predicted molar refractivity (Wildman–Crippen MR) is 33.4 cm³/mol. The summed E-state index contributed by atoms with van der Waals surface area (Å²) in [5.41, 5.74) is 0. The Morgan fingerprint density at radius 1 is 1.60 bits per heavy atom. The van der Waals surface area contributed by atoms with Gasteiger partial charge in [0, 0.05) is 0 Å². The van der Waals surface area contributed by atoms with E-state index in [1.165, 1.54) is 7.11 Å². The van der Waals surface area contributed by atoms with Crippen LogP contribution in [0.4, 0.5) is 0 Å². The molecule has 1 N–H and O–H groups in total. The van der Waals surface area contributed by atoms with Crippen LogP contribution >= 0.6 is 0 Å². The molecule has 0 fully saturated rings. The zero-order chi connectivity index (χ0) is 8.15. The minimum Gasteiger partial charge on any atom is -0.481 e. The number of rotatable bonds is 3. The molecule has 1 atom stereocenters. The van der Waals surface area contributed by atoms with Gasteiger partial charge in [0.1, 0.15) is 0 Å². The van der Waals surface area contributed by atoms with E-state index in [1.807, 2.05) is 0 Å². The molecule has 0 amide bonds. The number of ether oxygens (including phenoxy) is 1. The lowest BCUT2D eigenvalue weighted by Gasteiger charge is -2.04. The molecule has 58 valence electrons. The van der Waals surface area contributed by atoms with E-state index in [-0.39, 0.29) is 6.42 Å². The average molecular weight is 146 g/mol. The lowest BCUT2D eigenvalue weighted by molar-refractivity contribution is -0.156. The summed E-state index contributed by atoms with van der Waals surface area (Å²) < 4.78 is 4.24. The highest BCUT2D eigenvalue weighted by Gasteiger charge is 2.24. The Bertz CT molecular complexity index is 141. The fraction of sp³-hybridized carbons (Fsp3) is 0.667. The standard InChI is InChI=1S/C6H10O4/c1-3-4(5(7)8)6(9)10-2/h4H,3H2,1-2H3,(H,7,8)/t4-/m0/s1. The van der Waals surface area contributed by atoms with Gasteiger partial charge in [0.05, 0.1) is 7.11 Å². The minimum atomic E-state index is -1.13. The lowest BCUT2D eigenvalue weighted by atomic mass is 10.1. The van der Waals surface area contributed by atoms with Gasteiger partial charge in [0.2, 0.25) is 0 Å². The van der Waals surface area contributed by atoms with Crippen molar-refractivity contribution >= 4 is 11.9 Å². The zero-order valence-electron chi connectivity index (χ0n) is 5.96. The number of carbonyl (C=O) groups excluding carboxylic acids is 1. The smallest absolute Gasteiger partial charge is 0.320 e. The minimum absolute atomic E-state index is 0.266. The number of hydrogen-bond acceptors (Lipinski definition) is 3. The highest BCUT2D eigenvalue weighted by atomic mass is 16.5. The molecule has 10 heavy (non-hydrogen) atoms. The lowest BCUT2D eigenvalue weighted by Crippen LogP contribution is -2.23. The van der Waals surface area contributed by atoms with Crippen LogP contribution in [-0.4, -0.2) is 24.2 Å². The van der Waals surface area contributed by atoms with Crippen molar-refractivity contribution in [3.05, 3.63) is 0 Å². The van der Waals surface area contributed by atoms with E-state index < -0.39 is 17.9 Å². The number of aliphatic carboxylic acids is 1. The van der Waals surface area contributed by atoms with E-state index in [2.05, 4.69) is 4.74 Å². The molecule has 0 aromatic rings. The number of hydrogen-bond donors (Lipinski definition) is 1. The van der Waals surface area contributed by atoms with E-state index in [9.17, 15) is 9.59 Å². The third-order valence-corrected chi connectivity index (χ3v) is 1.19. The second-order valence-corrected chi connectivity index (χ2v) is 1.82. The van der Waals surface area contributed by atoms with Crippen LogP contribution in [0.3, 0.4) is 0 Å². The summed E-state index contributed by atoms with van der Waals surface area (Å²) in [6.45, 7) is 1.62. The quantitative estimate of drug-likeness (QED) is 0.458. The Kier molecular flexibility index (Phi) is 3.46. The molecular weight excluding hydrogens is 136 g/mol. The maximum absolute atomic E-state index is 10.6. The van der Waals surface area contributed by atoms with Gasteiger partial charge in [0.15, 0.2) is 5.92 Å². The first-order chi connectivity index (χ1) is 4.63. The van der Waals surface area contributed by atoms with Gasteiger partial charge in [-0.2, -0.15) is 0 Å². The summed E-state index contributed by atoms with van der Waals surface area (Å²) in [6.07, 6.45) is 0.266. The van der Waals surface area contributed by atoms with Crippen LogP contribution in [0.15, 0.2) is 0 Å². The highest BCUT2D eigenvalue weighted by Crippen LogP contribution is 2.03. The van der Waals surface area contributed by atoms with Gasteiger partial charge in [-0.25, -0.2) is 0 Å². The number of methoxy groups -OCH3 is 1. The average Bonchev–Trinajstić information content (AvgIpc) is 1.88. The third kappa shape index (κ3) is 2.05. The Hall–Kier alpha value is -1.06. The Labute approximate surface area is 58.8 Å². The van der Waals surface area contributed by atoms with Gasteiger partial charge in [0.25, 0.3) is 0 Å². The molecule has 0 aliphatic heterocycles. The summed E-state index contributed by atoms with van der Waals surface area (Å²) in [4.78, 5) is 20.8. The van der Waals surface area contributed by atoms with Crippen LogP contribution in [0, 0.1) is 5.92 Å². The third-order valence-electron chi connectivity index (χ3n) is 1.19. The van der Waals surface area contributed by atoms with E-state index in [4.69, 9.17) is 5.11 Å². The summed E-state index contributed by atoms with van der Waals surface area (Å²) in [6, 6.07) is 0. The van der Waals surface area contributed by atoms with Crippen LogP contribution in [0.25, 0.3) is 0 Å². The number of esters is 1. The Balaban J connectivity index is 4.06. The van der Waals surface area contributed by atoms with Crippen molar-refractivity contribution in [2.45, 2.75) is 13.3 Å². The summed E-state index contributed by atoms with van der Waals surface area (Å²) >= 11 is 0. The first kappa shape index (κ1) is 8.94. The first-order valence-electron chi connectivity index (χ1n) is 2.94. The molecule has 0 radical (unpaired) electrons. The van der Waals surface area contributed by atoms with Crippen molar-refractivity contribution < 1.29 is 19.4 Å². The molecule has 0 saturated heterocycles. The highest BCUT2D eigenvalue weighted by molar-refractivity contribution is 5.93. The van der Waals surface area contributed by atoms with Gasteiger partial charge in [-0.3, -0.25) is 9.59 Å². The topological polar surface area (TPSA) is 63.6 Å². The van der Waals surface area contributed by atoms with Gasteiger partial charge in [-0.05, 0) is 6.42 Å². The van der Waals surface area contributed by atoms with Crippen molar-refractivity contribution in [3.8, 4) is 0 Å². The summed E-state index contributed by atoms with van der Waals surface area (Å²) in [5, 5.41) is 8.37. The number of carbonyl (C=O) groups is 2. The molecule has 0 unspecified atom stereocenters. The SMILES string of the molecule is CC[C@@H](C(=O)O)C(=O)OC. The number of carboxylic acid groups (broad SMARTS) is 1. The molecule has 0 bridgehead atoms. The van der Waals surface area contributed by atoms with Crippen molar-refractivity contribution in [2.24, 2.45) is 5.92 Å². The molecule has 4 nitrogen and oxygen atoms in total. The molecule has 0 spiro atoms. The number of carboxylic acids is 1. The fourth-order valence-corrected chi connectivity index (χ4v) is 0.584. The Morgan fingerprint density at radius 2 is 2.10 bits per heavy atom. The second-order valence-electron chi connectivity index (χ2n) is 1.82. The van der Waals surface area contributed by atoms with Crippen LogP contribution in [0.2, 0.25) is 0 Å². The molecule has 0 aromatic carbocycles. The van der Waals surface area contributed by atoms with Gasteiger partial charge in [-0.1, -0.05) is 6.92 Å². The maximum atomic E-state index is 10.6. The largest absolute Gasteiger partial charge is 0.481 e. The monoisotopic (exact) mass is 146 g/mol. The molecule has 0 heterocycles. The van der Waals surface area contributed by atoms with Crippen molar-refractivity contribution in [1.82, 2.24) is 0 Å². The van der Waals surface area contributed by atoms with Crippen LogP contribution in [-0.2, 0) is 14.3 Å². The van der Waals surface area contributed by atoms with Crippen molar-refractivity contribution in [3.63, 3.8) is 0 Å². The van der Waals surface area contributed by atoms with Gasteiger partial charge in [-0.15, -0.1) is 0 Å². The molecular formula is C6H10O4. The van der Waals surface area contributed by atoms with Crippen LogP contribution < -0.4 is 0 Å². The van der Waals surface area contributed by atoms with Crippen LogP contribution in [0.1, 0.15) is 13.3 Å².